The fourth-order valence-corrected chi connectivity index (χ4v) is 6.28. The molecule has 0 aromatic heterocycles. The molecule has 5 rings (SSSR count). The summed E-state index contributed by atoms with van der Waals surface area (Å²) in [6, 6.07) is 19.6. The van der Waals surface area contributed by atoms with Gasteiger partial charge in [0.25, 0.3) is 0 Å². The second-order valence-corrected chi connectivity index (χ2v) is 9.99. The summed E-state index contributed by atoms with van der Waals surface area (Å²) in [5, 5.41) is 24.8. The second kappa shape index (κ2) is 10.9. The van der Waals surface area contributed by atoms with Gasteiger partial charge in [-0.2, -0.15) is 0 Å². The van der Waals surface area contributed by atoms with Crippen LogP contribution in [0.4, 0.5) is 0 Å². The maximum Gasteiger partial charge on any atom is 0.312 e. The molecule has 40 heavy (non-hydrogen) atoms. The van der Waals surface area contributed by atoms with Gasteiger partial charge in [-0.15, -0.1) is 6.58 Å². The molecule has 8 heteroatoms. The van der Waals surface area contributed by atoms with Crippen LogP contribution in [0.25, 0.3) is 0 Å². The van der Waals surface area contributed by atoms with Gasteiger partial charge in [0.1, 0.15) is 29.1 Å². The zero-order valence-corrected chi connectivity index (χ0v) is 22.8. The fourth-order valence-electron chi connectivity index (χ4n) is 6.28. The lowest BCUT2D eigenvalue weighted by Crippen LogP contribution is -2.52. The highest BCUT2D eigenvalue weighted by Gasteiger charge is 2.78. The van der Waals surface area contributed by atoms with Crippen molar-refractivity contribution in [1.82, 2.24) is 0 Å². The Morgan fingerprint density at radius 2 is 1.75 bits per heavy atom. The molecule has 1 aliphatic carbocycles. The molecule has 0 saturated heterocycles. The van der Waals surface area contributed by atoms with Gasteiger partial charge < -0.3 is 33.9 Å². The van der Waals surface area contributed by atoms with Crippen LogP contribution in [0.5, 0.6) is 23.0 Å². The molecule has 0 unspecified atom stereocenters. The van der Waals surface area contributed by atoms with E-state index in [0.29, 0.717) is 35.0 Å². The van der Waals surface area contributed by atoms with Gasteiger partial charge in [0.2, 0.25) is 0 Å². The first-order chi connectivity index (χ1) is 19.4. The molecule has 3 aromatic carbocycles. The number of aliphatic hydroxyl groups excluding tert-OH is 1. The molecular weight excluding hydrogens is 512 g/mol. The molecule has 1 heterocycles. The number of carbonyl (C=O) groups is 1. The van der Waals surface area contributed by atoms with Crippen molar-refractivity contribution in [3.8, 4) is 23.0 Å². The molecule has 5 atom stereocenters. The summed E-state index contributed by atoms with van der Waals surface area (Å²) in [4.78, 5) is 13.3. The van der Waals surface area contributed by atoms with E-state index in [2.05, 4.69) is 6.58 Å². The number of carbonyl (C=O) groups excluding carboxylic acids is 1. The quantitative estimate of drug-likeness (QED) is 0.218. The number of unbranched alkanes of at least 4 members (excludes halogenated alkanes) is 1. The van der Waals surface area contributed by atoms with Gasteiger partial charge in [-0.3, -0.25) is 4.79 Å². The molecule has 8 nitrogen and oxygen atoms in total. The number of rotatable bonds is 10. The van der Waals surface area contributed by atoms with Gasteiger partial charge in [-0.25, -0.2) is 0 Å². The zero-order valence-electron chi connectivity index (χ0n) is 22.8. The molecule has 210 valence electrons. The lowest BCUT2D eigenvalue weighted by atomic mass is 9.70. The van der Waals surface area contributed by atoms with Gasteiger partial charge >= 0.3 is 5.97 Å². The smallest absolute Gasteiger partial charge is 0.312 e. The van der Waals surface area contributed by atoms with Crippen LogP contribution in [0.1, 0.15) is 35.4 Å². The predicted octanol–water partition coefficient (Wildman–Crippen LogP) is 4.47. The van der Waals surface area contributed by atoms with E-state index in [1.54, 1.807) is 43.5 Å². The van der Waals surface area contributed by atoms with Crippen molar-refractivity contribution in [2.45, 2.75) is 36.1 Å². The predicted molar refractivity (Wildman–Crippen MR) is 148 cm³/mol. The number of fused-ring (bicyclic) bond motifs is 3. The molecule has 0 spiro atoms. The summed E-state index contributed by atoms with van der Waals surface area (Å²) in [6.45, 7) is 4.19. The number of hydrogen-bond donors (Lipinski definition) is 2. The number of benzene rings is 3. The molecular formula is C32H34O8. The van der Waals surface area contributed by atoms with Crippen molar-refractivity contribution >= 4 is 5.97 Å². The minimum atomic E-state index is -2.11. The maximum absolute atomic E-state index is 13.3. The number of ether oxygens (including phenoxy) is 5. The van der Waals surface area contributed by atoms with Crippen LogP contribution in [-0.4, -0.2) is 50.2 Å². The van der Waals surface area contributed by atoms with E-state index in [1.165, 1.54) is 14.2 Å². The van der Waals surface area contributed by atoms with Crippen LogP contribution in [0, 0.1) is 5.92 Å². The lowest BCUT2D eigenvalue weighted by Gasteiger charge is -2.40. The molecule has 2 aliphatic rings. The Morgan fingerprint density at radius 3 is 2.38 bits per heavy atom. The summed E-state index contributed by atoms with van der Waals surface area (Å²) in [7, 11) is 4.30. The summed E-state index contributed by atoms with van der Waals surface area (Å²) < 4.78 is 29.1. The van der Waals surface area contributed by atoms with Crippen LogP contribution in [-0.2, 0) is 20.7 Å². The molecule has 1 saturated carbocycles. The van der Waals surface area contributed by atoms with Crippen LogP contribution < -0.4 is 18.9 Å². The fraction of sp³-hybridized carbons (Fsp3) is 0.344. The van der Waals surface area contributed by atoms with Gasteiger partial charge in [0.15, 0.2) is 11.2 Å². The Hall–Kier alpha value is -4.01. The van der Waals surface area contributed by atoms with Gasteiger partial charge in [0.05, 0.1) is 39.4 Å². The Kier molecular flexibility index (Phi) is 7.49. The van der Waals surface area contributed by atoms with Crippen LogP contribution in [0.15, 0.2) is 79.4 Å². The van der Waals surface area contributed by atoms with Crippen molar-refractivity contribution < 1.29 is 38.7 Å². The largest absolute Gasteiger partial charge is 0.497 e. The van der Waals surface area contributed by atoms with Gasteiger partial charge in [0, 0.05) is 18.1 Å². The third-order valence-corrected chi connectivity index (χ3v) is 8.02. The highest BCUT2D eigenvalue weighted by atomic mass is 16.6. The lowest BCUT2D eigenvalue weighted by molar-refractivity contribution is -0.161. The Morgan fingerprint density at radius 1 is 1.02 bits per heavy atom. The Balaban J connectivity index is 1.77. The minimum absolute atomic E-state index is 0.240. The summed E-state index contributed by atoms with van der Waals surface area (Å²) in [5.74, 6) is -1.01. The molecule has 3 aromatic rings. The number of hydrogen-bond acceptors (Lipinski definition) is 8. The summed E-state index contributed by atoms with van der Waals surface area (Å²) in [6.07, 6.45) is 1.80. The van der Waals surface area contributed by atoms with E-state index >= 15 is 0 Å². The molecule has 2 N–H and O–H groups in total. The molecule has 0 radical (unpaired) electrons. The minimum Gasteiger partial charge on any atom is -0.497 e. The second-order valence-electron chi connectivity index (χ2n) is 9.99. The Bertz CT molecular complexity index is 1370. The van der Waals surface area contributed by atoms with Crippen molar-refractivity contribution in [3.05, 3.63) is 96.1 Å². The van der Waals surface area contributed by atoms with Crippen LogP contribution >= 0.6 is 0 Å². The molecule has 0 bridgehead atoms. The molecule has 1 fully saturated rings. The average Bonchev–Trinajstić information content (AvgIpc) is 3.37. The first kappa shape index (κ1) is 27.6. The third kappa shape index (κ3) is 4.01. The average molecular weight is 547 g/mol. The SMILES string of the molecule is C=CCCCOc1cc(OC)c2c(c1)O[C@@]1(c3ccc(OC)cc3)[C@H](c3ccccc3)[C@@H](C(=O)OC)[C@@H](O)[C@@]21O. The highest BCUT2D eigenvalue weighted by Crippen LogP contribution is 2.70. The number of allylic oxidation sites excluding steroid dienone is 1. The van der Waals surface area contributed by atoms with Crippen molar-refractivity contribution in [1.29, 1.82) is 0 Å². The summed E-state index contributed by atoms with van der Waals surface area (Å²) in [5.41, 5.74) is -2.28. The maximum atomic E-state index is 13.3. The van der Waals surface area contributed by atoms with Crippen LogP contribution in [0.2, 0.25) is 0 Å². The van der Waals surface area contributed by atoms with E-state index in [-0.39, 0.29) is 11.3 Å². The topological polar surface area (TPSA) is 104 Å². The van der Waals surface area contributed by atoms with E-state index in [4.69, 9.17) is 23.7 Å². The van der Waals surface area contributed by atoms with E-state index in [0.717, 1.165) is 12.8 Å². The van der Waals surface area contributed by atoms with Crippen molar-refractivity contribution in [2.75, 3.05) is 27.9 Å². The number of esters is 1. The van der Waals surface area contributed by atoms with Crippen LogP contribution in [0.3, 0.4) is 0 Å². The van der Waals surface area contributed by atoms with E-state index in [1.807, 2.05) is 36.4 Å². The van der Waals surface area contributed by atoms with Crippen molar-refractivity contribution in [2.24, 2.45) is 5.92 Å². The number of methoxy groups -OCH3 is 3. The van der Waals surface area contributed by atoms with E-state index < -0.39 is 35.1 Å². The molecule has 1 aliphatic heterocycles. The van der Waals surface area contributed by atoms with Crippen molar-refractivity contribution in [3.63, 3.8) is 0 Å². The number of aliphatic hydroxyl groups is 2. The zero-order chi connectivity index (χ0) is 28.5. The monoisotopic (exact) mass is 546 g/mol. The Labute approximate surface area is 233 Å². The summed E-state index contributed by atoms with van der Waals surface area (Å²) >= 11 is 0. The third-order valence-electron chi connectivity index (χ3n) is 8.02. The molecule has 0 amide bonds. The van der Waals surface area contributed by atoms with E-state index in [9.17, 15) is 15.0 Å². The van der Waals surface area contributed by atoms with Gasteiger partial charge in [-0.1, -0.05) is 48.5 Å². The normalized spacial score (nSPS) is 26.3. The first-order valence-corrected chi connectivity index (χ1v) is 13.2. The first-order valence-electron chi connectivity index (χ1n) is 13.2. The standard InChI is InChI=1S/C32H34O8/c1-5-6-10-17-39-23-18-24(37-3)28-25(19-23)40-32(21-13-15-22(36-2)16-14-21)27(20-11-8-7-9-12-20)26(30(34)38-4)29(33)31(28,32)35/h5,7-9,11-16,18-19,26-27,29,33,35H,1,6,10,17H2,2-4H3/t26-,27-,29-,31+,32+/m1/s1. The highest BCUT2D eigenvalue weighted by molar-refractivity contribution is 5.78. The van der Waals surface area contributed by atoms with Gasteiger partial charge in [-0.05, 0) is 36.1 Å².